The van der Waals surface area contributed by atoms with E-state index in [9.17, 15) is 0 Å². The Morgan fingerprint density at radius 1 is 1.25 bits per heavy atom. The SMILES string of the molecule is CCCCCC(OC)c1cccc(Br)c1Br. The predicted molar refractivity (Wildman–Crippen MR) is 75.7 cm³/mol. The summed E-state index contributed by atoms with van der Waals surface area (Å²) in [5.74, 6) is 0. The summed E-state index contributed by atoms with van der Waals surface area (Å²) in [5.41, 5.74) is 1.23. The van der Waals surface area contributed by atoms with E-state index in [1.807, 2.05) is 6.07 Å². The standard InChI is InChI=1S/C13H18Br2O/c1-3-4-5-9-12(16-2)10-7-6-8-11(14)13(10)15/h6-8,12H,3-5,9H2,1-2H3. The molecule has 3 heteroatoms. The molecule has 1 aromatic carbocycles. The first kappa shape index (κ1) is 14.2. The van der Waals surface area contributed by atoms with E-state index in [0.717, 1.165) is 15.4 Å². The first-order valence-corrected chi connectivity index (χ1v) is 7.26. The van der Waals surface area contributed by atoms with Crippen molar-refractivity contribution in [3.05, 3.63) is 32.7 Å². The van der Waals surface area contributed by atoms with Gasteiger partial charge in [0, 0.05) is 16.1 Å². The van der Waals surface area contributed by atoms with Crippen molar-refractivity contribution in [3.63, 3.8) is 0 Å². The molecule has 1 rings (SSSR count). The van der Waals surface area contributed by atoms with Crippen molar-refractivity contribution in [2.24, 2.45) is 0 Å². The third kappa shape index (κ3) is 3.86. The Kier molecular flexibility index (Phi) is 6.62. The van der Waals surface area contributed by atoms with E-state index >= 15 is 0 Å². The fraction of sp³-hybridized carbons (Fsp3) is 0.538. The van der Waals surface area contributed by atoms with E-state index in [2.05, 4.69) is 50.9 Å². The van der Waals surface area contributed by atoms with E-state index in [4.69, 9.17) is 4.74 Å². The maximum atomic E-state index is 5.57. The molecular weight excluding hydrogens is 332 g/mol. The van der Waals surface area contributed by atoms with Crippen LogP contribution in [-0.2, 0) is 4.74 Å². The highest BCUT2D eigenvalue weighted by atomic mass is 79.9. The molecule has 1 nitrogen and oxygen atoms in total. The molecule has 1 atom stereocenters. The lowest BCUT2D eigenvalue weighted by Crippen LogP contribution is -2.02. The van der Waals surface area contributed by atoms with Gasteiger partial charge in [0.2, 0.25) is 0 Å². The summed E-state index contributed by atoms with van der Waals surface area (Å²) in [6, 6.07) is 6.21. The molecule has 0 fully saturated rings. The molecule has 0 N–H and O–H groups in total. The Labute approximate surface area is 115 Å². The van der Waals surface area contributed by atoms with Gasteiger partial charge in [-0.25, -0.2) is 0 Å². The first-order valence-electron chi connectivity index (χ1n) is 5.67. The highest BCUT2D eigenvalue weighted by Crippen LogP contribution is 2.34. The fourth-order valence-electron chi connectivity index (χ4n) is 1.75. The zero-order valence-electron chi connectivity index (χ0n) is 9.80. The van der Waals surface area contributed by atoms with Crippen LogP contribution in [0.2, 0.25) is 0 Å². The fourth-order valence-corrected chi connectivity index (χ4v) is 2.65. The lowest BCUT2D eigenvalue weighted by molar-refractivity contribution is 0.0926. The van der Waals surface area contributed by atoms with Crippen molar-refractivity contribution < 1.29 is 4.74 Å². The van der Waals surface area contributed by atoms with Crippen LogP contribution in [0.15, 0.2) is 27.1 Å². The average molecular weight is 350 g/mol. The summed E-state index contributed by atoms with van der Waals surface area (Å²) in [5, 5.41) is 0. The van der Waals surface area contributed by atoms with Crippen molar-refractivity contribution in [1.82, 2.24) is 0 Å². The lowest BCUT2D eigenvalue weighted by Gasteiger charge is -2.17. The largest absolute Gasteiger partial charge is 0.377 e. The molecule has 0 aliphatic rings. The minimum atomic E-state index is 0.193. The molecule has 0 aliphatic heterocycles. The zero-order chi connectivity index (χ0) is 12.0. The van der Waals surface area contributed by atoms with Crippen LogP contribution in [0.3, 0.4) is 0 Å². The molecule has 0 radical (unpaired) electrons. The van der Waals surface area contributed by atoms with Gasteiger partial charge in [0.25, 0.3) is 0 Å². The summed E-state index contributed by atoms with van der Waals surface area (Å²) >= 11 is 7.13. The van der Waals surface area contributed by atoms with Crippen LogP contribution in [0.1, 0.15) is 44.3 Å². The Hall–Kier alpha value is 0.140. The van der Waals surface area contributed by atoms with Gasteiger partial charge in [-0.3, -0.25) is 0 Å². The first-order chi connectivity index (χ1) is 7.70. The van der Waals surface area contributed by atoms with Crippen LogP contribution in [0.5, 0.6) is 0 Å². The van der Waals surface area contributed by atoms with Crippen molar-refractivity contribution >= 4 is 31.9 Å². The molecule has 16 heavy (non-hydrogen) atoms. The van der Waals surface area contributed by atoms with Crippen LogP contribution in [0.4, 0.5) is 0 Å². The molecule has 0 spiro atoms. The second-order valence-electron chi connectivity index (χ2n) is 3.86. The molecule has 0 aliphatic carbocycles. The molecule has 0 saturated heterocycles. The van der Waals surface area contributed by atoms with Crippen LogP contribution in [0.25, 0.3) is 0 Å². The van der Waals surface area contributed by atoms with Gasteiger partial charge in [0.1, 0.15) is 0 Å². The summed E-state index contributed by atoms with van der Waals surface area (Å²) in [6.45, 7) is 2.22. The highest BCUT2D eigenvalue weighted by Gasteiger charge is 2.14. The highest BCUT2D eigenvalue weighted by molar-refractivity contribution is 9.13. The average Bonchev–Trinajstić information content (AvgIpc) is 2.29. The van der Waals surface area contributed by atoms with Gasteiger partial charge in [0.15, 0.2) is 0 Å². The van der Waals surface area contributed by atoms with Gasteiger partial charge in [-0.15, -0.1) is 0 Å². The summed E-state index contributed by atoms with van der Waals surface area (Å²) < 4.78 is 7.76. The quantitative estimate of drug-likeness (QED) is 0.618. The van der Waals surface area contributed by atoms with Crippen molar-refractivity contribution in [1.29, 1.82) is 0 Å². The van der Waals surface area contributed by atoms with Crippen LogP contribution in [0, 0.1) is 0 Å². The molecule has 0 heterocycles. The second-order valence-corrected chi connectivity index (χ2v) is 5.51. The van der Waals surface area contributed by atoms with Gasteiger partial charge in [0.05, 0.1) is 6.10 Å². The number of rotatable bonds is 6. The monoisotopic (exact) mass is 348 g/mol. The third-order valence-electron chi connectivity index (χ3n) is 2.68. The third-order valence-corrected chi connectivity index (χ3v) is 4.76. The molecule has 1 unspecified atom stereocenters. The maximum Gasteiger partial charge on any atom is 0.0832 e. The predicted octanol–water partition coefficient (Wildman–Crippen LogP) is 5.48. The maximum absolute atomic E-state index is 5.57. The molecule has 0 saturated carbocycles. The Morgan fingerprint density at radius 3 is 2.62 bits per heavy atom. The van der Waals surface area contributed by atoms with Gasteiger partial charge in [-0.05, 0) is 49.9 Å². The van der Waals surface area contributed by atoms with E-state index in [1.54, 1.807) is 7.11 Å². The minimum absolute atomic E-state index is 0.193. The van der Waals surface area contributed by atoms with E-state index < -0.39 is 0 Å². The van der Waals surface area contributed by atoms with Gasteiger partial charge < -0.3 is 4.74 Å². The van der Waals surface area contributed by atoms with Crippen molar-refractivity contribution in [2.45, 2.75) is 38.7 Å². The Bertz CT molecular complexity index is 326. The number of unbranched alkanes of at least 4 members (excludes halogenated alkanes) is 2. The molecule has 0 aromatic heterocycles. The number of hydrogen-bond donors (Lipinski definition) is 0. The zero-order valence-corrected chi connectivity index (χ0v) is 13.0. The Balaban J connectivity index is 2.74. The van der Waals surface area contributed by atoms with Gasteiger partial charge >= 0.3 is 0 Å². The van der Waals surface area contributed by atoms with Crippen molar-refractivity contribution in [2.75, 3.05) is 7.11 Å². The number of halogens is 2. The van der Waals surface area contributed by atoms with Crippen LogP contribution >= 0.6 is 31.9 Å². The number of hydrogen-bond acceptors (Lipinski definition) is 1. The molecule has 0 amide bonds. The Morgan fingerprint density at radius 2 is 2.00 bits per heavy atom. The van der Waals surface area contributed by atoms with E-state index in [1.165, 1.54) is 24.8 Å². The minimum Gasteiger partial charge on any atom is -0.377 e. The molecule has 0 bridgehead atoms. The topological polar surface area (TPSA) is 9.23 Å². The number of benzene rings is 1. The van der Waals surface area contributed by atoms with Gasteiger partial charge in [-0.2, -0.15) is 0 Å². The molecule has 90 valence electrons. The second kappa shape index (κ2) is 7.46. The smallest absolute Gasteiger partial charge is 0.0832 e. The molecular formula is C13H18Br2O. The number of methoxy groups -OCH3 is 1. The van der Waals surface area contributed by atoms with E-state index in [0.29, 0.717) is 0 Å². The summed E-state index contributed by atoms with van der Waals surface area (Å²) in [7, 11) is 1.78. The van der Waals surface area contributed by atoms with Gasteiger partial charge in [-0.1, -0.05) is 38.3 Å². The lowest BCUT2D eigenvalue weighted by atomic mass is 10.0. The van der Waals surface area contributed by atoms with E-state index in [-0.39, 0.29) is 6.10 Å². The summed E-state index contributed by atoms with van der Waals surface area (Å²) in [6.07, 6.45) is 5.01. The number of ether oxygens (including phenoxy) is 1. The van der Waals surface area contributed by atoms with Crippen LogP contribution in [-0.4, -0.2) is 7.11 Å². The van der Waals surface area contributed by atoms with Crippen molar-refractivity contribution in [3.8, 4) is 0 Å². The summed E-state index contributed by atoms with van der Waals surface area (Å²) in [4.78, 5) is 0. The normalized spacial score (nSPS) is 12.8. The molecule has 1 aromatic rings. The van der Waals surface area contributed by atoms with Crippen LogP contribution < -0.4 is 0 Å².